The number of ether oxygens (including phenoxy) is 2. The Kier molecular flexibility index (Phi) is 5.75. The quantitative estimate of drug-likeness (QED) is 0.394. The van der Waals surface area contributed by atoms with Crippen molar-refractivity contribution in [1.82, 2.24) is 14.8 Å². The Morgan fingerprint density at radius 2 is 1.76 bits per heavy atom. The summed E-state index contributed by atoms with van der Waals surface area (Å²) < 4.78 is 12.9. The van der Waals surface area contributed by atoms with Crippen LogP contribution in [0.3, 0.4) is 0 Å². The van der Waals surface area contributed by atoms with E-state index >= 15 is 0 Å². The number of Topliss-reactive ketones (excluding diaryl/α,β-unsaturated/α-hetero) is 1. The molecular weight excluding hydrogens is 464 g/mol. The van der Waals surface area contributed by atoms with Crippen LogP contribution in [0.4, 0.5) is 5.82 Å². The summed E-state index contributed by atoms with van der Waals surface area (Å²) in [6.45, 7) is 2.01. The Morgan fingerprint density at radius 3 is 2.49 bits per heavy atom. The van der Waals surface area contributed by atoms with Crippen LogP contribution in [0.25, 0.3) is 5.69 Å². The monoisotopic (exact) mass is 492 g/mol. The van der Waals surface area contributed by atoms with Crippen LogP contribution >= 0.6 is 0 Å². The minimum Gasteiger partial charge on any atom is -0.493 e. The van der Waals surface area contributed by atoms with E-state index in [1.54, 1.807) is 20.4 Å². The lowest BCUT2D eigenvalue weighted by Crippen LogP contribution is -2.30. The molecular formula is C30H28N4O3. The SMILES string of the molecule is COc1ccc([C@@H]2CC(=O)C3=C(C2)Nc2c(c(C)nn2-c2ccccc2)[C@@H]3c2cccnc2)cc1OC. The second-order valence-electron chi connectivity index (χ2n) is 9.47. The van der Waals surface area contributed by atoms with Gasteiger partial charge in [-0.05, 0) is 60.7 Å². The lowest BCUT2D eigenvalue weighted by molar-refractivity contribution is -0.116. The van der Waals surface area contributed by atoms with Crippen LogP contribution in [-0.4, -0.2) is 34.8 Å². The van der Waals surface area contributed by atoms with Crippen molar-refractivity contribution in [3.8, 4) is 17.2 Å². The maximum absolute atomic E-state index is 13.9. The maximum atomic E-state index is 13.9. The number of aryl methyl sites for hydroxylation is 1. The van der Waals surface area contributed by atoms with Gasteiger partial charge in [-0.25, -0.2) is 4.68 Å². The first-order valence-corrected chi connectivity index (χ1v) is 12.4. The number of carbonyl (C=O) groups excluding carboxylic acids is 1. The number of fused-ring (bicyclic) bond motifs is 1. The average molecular weight is 493 g/mol. The van der Waals surface area contributed by atoms with E-state index in [2.05, 4.69) is 10.3 Å². The van der Waals surface area contributed by atoms with Gasteiger partial charge in [0.1, 0.15) is 5.82 Å². The van der Waals surface area contributed by atoms with Gasteiger partial charge < -0.3 is 14.8 Å². The predicted octanol–water partition coefficient (Wildman–Crippen LogP) is 5.55. The number of para-hydroxylation sites is 1. The molecule has 2 aliphatic rings. The number of hydrogen-bond donors (Lipinski definition) is 1. The molecule has 37 heavy (non-hydrogen) atoms. The van der Waals surface area contributed by atoms with E-state index in [9.17, 15) is 4.79 Å². The Labute approximate surface area is 215 Å². The Morgan fingerprint density at radius 1 is 0.946 bits per heavy atom. The molecule has 0 saturated heterocycles. The van der Waals surface area contributed by atoms with Crippen LogP contribution in [0.2, 0.25) is 0 Å². The van der Waals surface area contributed by atoms with Gasteiger partial charge in [0, 0.05) is 41.6 Å². The molecule has 1 aliphatic carbocycles. The van der Waals surface area contributed by atoms with Gasteiger partial charge in [0.05, 0.1) is 25.6 Å². The second-order valence-corrected chi connectivity index (χ2v) is 9.47. The summed E-state index contributed by atoms with van der Waals surface area (Å²) in [5.41, 5.74) is 6.67. The van der Waals surface area contributed by atoms with Gasteiger partial charge in [0.25, 0.3) is 0 Å². The summed E-state index contributed by atoms with van der Waals surface area (Å²) in [6.07, 6.45) is 4.74. The molecule has 1 aliphatic heterocycles. The molecule has 0 saturated carbocycles. The minimum atomic E-state index is -0.226. The topological polar surface area (TPSA) is 78.3 Å². The van der Waals surface area contributed by atoms with Crippen molar-refractivity contribution in [2.24, 2.45) is 0 Å². The van der Waals surface area contributed by atoms with Gasteiger partial charge in [-0.15, -0.1) is 0 Å². The summed E-state index contributed by atoms with van der Waals surface area (Å²) in [6, 6.07) is 19.9. The van der Waals surface area contributed by atoms with Crippen LogP contribution in [0, 0.1) is 6.92 Å². The fraction of sp³-hybridized carbons (Fsp3) is 0.233. The summed E-state index contributed by atoms with van der Waals surface area (Å²) in [4.78, 5) is 18.3. The first-order chi connectivity index (χ1) is 18.1. The Bertz CT molecular complexity index is 1510. The fourth-order valence-electron chi connectivity index (χ4n) is 5.66. The summed E-state index contributed by atoms with van der Waals surface area (Å²) >= 11 is 0. The number of ketones is 1. The van der Waals surface area contributed by atoms with Crippen molar-refractivity contribution >= 4 is 11.6 Å². The molecule has 186 valence electrons. The van der Waals surface area contributed by atoms with E-state index in [1.807, 2.05) is 78.5 Å². The highest BCUT2D eigenvalue weighted by Gasteiger charge is 2.41. The fourth-order valence-corrected chi connectivity index (χ4v) is 5.66. The molecule has 2 aromatic carbocycles. The van der Waals surface area contributed by atoms with Crippen molar-refractivity contribution < 1.29 is 14.3 Å². The van der Waals surface area contributed by atoms with Crippen LogP contribution in [0.1, 0.15) is 47.1 Å². The number of nitrogens with zero attached hydrogens (tertiary/aromatic N) is 3. The van der Waals surface area contributed by atoms with Gasteiger partial charge in [0.15, 0.2) is 17.3 Å². The predicted molar refractivity (Wildman–Crippen MR) is 142 cm³/mol. The van der Waals surface area contributed by atoms with Crippen LogP contribution in [-0.2, 0) is 4.79 Å². The second kappa shape index (κ2) is 9.24. The molecule has 0 fully saturated rings. The minimum absolute atomic E-state index is 0.0175. The third-order valence-corrected chi connectivity index (χ3v) is 7.36. The Hall–Kier alpha value is -4.39. The van der Waals surface area contributed by atoms with Crippen molar-refractivity contribution in [2.75, 3.05) is 19.5 Å². The van der Waals surface area contributed by atoms with E-state index in [0.29, 0.717) is 24.3 Å². The van der Waals surface area contributed by atoms with Gasteiger partial charge >= 0.3 is 0 Å². The largest absolute Gasteiger partial charge is 0.493 e. The molecule has 2 aromatic heterocycles. The molecule has 7 nitrogen and oxygen atoms in total. The van der Waals surface area contributed by atoms with Gasteiger partial charge in [-0.2, -0.15) is 5.10 Å². The van der Waals surface area contributed by atoms with Crippen LogP contribution in [0.15, 0.2) is 84.3 Å². The lowest BCUT2D eigenvalue weighted by Gasteiger charge is -2.35. The number of allylic oxidation sites excluding steroid dienone is 2. The van der Waals surface area contributed by atoms with E-state index in [-0.39, 0.29) is 17.6 Å². The number of carbonyl (C=O) groups is 1. The van der Waals surface area contributed by atoms with E-state index < -0.39 is 0 Å². The van der Waals surface area contributed by atoms with Crippen LogP contribution in [0.5, 0.6) is 11.5 Å². The van der Waals surface area contributed by atoms with Crippen molar-refractivity contribution in [3.63, 3.8) is 0 Å². The molecule has 6 rings (SSSR count). The number of nitrogens with one attached hydrogen (secondary N) is 1. The van der Waals surface area contributed by atoms with Crippen molar-refractivity contribution in [3.05, 3.63) is 107 Å². The van der Waals surface area contributed by atoms with E-state index in [1.165, 1.54) is 0 Å². The zero-order valence-corrected chi connectivity index (χ0v) is 21.1. The molecule has 0 bridgehead atoms. The molecule has 0 unspecified atom stereocenters. The van der Waals surface area contributed by atoms with Crippen molar-refractivity contribution in [2.45, 2.75) is 31.6 Å². The first kappa shape index (κ1) is 23.0. The molecule has 3 heterocycles. The summed E-state index contributed by atoms with van der Waals surface area (Å²) in [7, 11) is 3.25. The number of hydrogen-bond acceptors (Lipinski definition) is 6. The lowest BCUT2D eigenvalue weighted by atomic mass is 9.72. The molecule has 0 amide bonds. The third-order valence-electron chi connectivity index (χ3n) is 7.36. The number of pyridine rings is 1. The molecule has 0 spiro atoms. The van der Waals surface area contributed by atoms with Crippen molar-refractivity contribution in [1.29, 1.82) is 0 Å². The highest BCUT2D eigenvalue weighted by atomic mass is 16.5. The normalized spacial score (nSPS) is 18.6. The van der Waals surface area contributed by atoms with E-state index in [0.717, 1.165) is 45.2 Å². The molecule has 4 aromatic rings. The zero-order valence-electron chi connectivity index (χ0n) is 21.1. The highest BCUT2D eigenvalue weighted by Crippen LogP contribution is 2.49. The standard InChI is InChI=1S/C30H28N4O3/c1-18-27-28(20-8-7-13-31-17-20)29-23(32-30(27)34(33-18)22-9-5-4-6-10-22)14-21(15-24(29)35)19-11-12-25(36-2)26(16-19)37-3/h4-13,16-17,21,28,32H,14-15H2,1-3H3/t21-,28-/m0/s1. The summed E-state index contributed by atoms with van der Waals surface area (Å²) in [5.74, 6) is 2.17. The molecule has 0 radical (unpaired) electrons. The third kappa shape index (κ3) is 3.87. The molecule has 2 atom stereocenters. The van der Waals surface area contributed by atoms with Gasteiger partial charge in [-0.3, -0.25) is 9.78 Å². The number of anilines is 1. The van der Waals surface area contributed by atoms with E-state index in [4.69, 9.17) is 14.6 Å². The van der Waals surface area contributed by atoms with Gasteiger partial charge in [-0.1, -0.05) is 30.3 Å². The Balaban J connectivity index is 1.48. The number of benzene rings is 2. The molecule has 7 heteroatoms. The van der Waals surface area contributed by atoms with Gasteiger partial charge in [0.2, 0.25) is 0 Å². The highest BCUT2D eigenvalue weighted by molar-refractivity contribution is 6.01. The smallest absolute Gasteiger partial charge is 0.162 e. The number of rotatable bonds is 5. The molecule has 1 N–H and O–H groups in total. The summed E-state index contributed by atoms with van der Waals surface area (Å²) in [5, 5.41) is 8.56. The first-order valence-electron chi connectivity index (χ1n) is 12.4. The number of methoxy groups -OCH3 is 2. The zero-order chi connectivity index (χ0) is 25.5. The number of aromatic nitrogens is 3. The van der Waals surface area contributed by atoms with Crippen LogP contribution < -0.4 is 14.8 Å². The maximum Gasteiger partial charge on any atom is 0.162 e. The average Bonchev–Trinajstić information content (AvgIpc) is 3.28.